The number of nitrogens with zero attached hydrogens (tertiary/aromatic N) is 1. The van der Waals surface area contributed by atoms with E-state index >= 15 is 0 Å². The number of alkyl halides is 2. The highest BCUT2D eigenvalue weighted by molar-refractivity contribution is 5.79. The maximum absolute atomic E-state index is 13.2. The molecule has 1 aliphatic heterocycles. The Balaban J connectivity index is 2.60. The minimum atomic E-state index is -2.79. The molecule has 1 heterocycles. The molecule has 1 aliphatic rings. The summed E-state index contributed by atoms with van der Waals surface area (Å²) in [7, 11) is 1.61. The molecule has 1 fully saturated rings. The Bertz CT molecular complexity index is 249. The van der Waals surface area contributed by atoms with Crippen LogP contribution < -0.4 is 5.32 Å². The fraction of sp³-hybridized carbons (Fsp3) is 0.900. The maximum atomic E-state index is 13.2. The molecular weight excluding hydrogens is 218 g/mol. The summed E-state index contributed by atoms with van der Waals surface area (Å²) < 4.78 is 31.5. The maximum Gasteiger partial charge on any atom is 0.267 e. The van der Waals surface area contributed by atoms with Gasteiger partial charge in [-0.2, -0.15) is 0 Å². The average Bonchev–Trinajstić information content (AvgIpc) is 2.51. The molecule has 16 heavy (non-hydrogen) atoms. The van der Waals surface area contributed by atoms with Crippen molar-refractivity contribution in [2.75, 3.05) is 33.4 Å². The molecule has 0 radical (unpaired) electrons. The highest BCUT2D eigenvalue weighted by Gasteiger charge is 2.46. The molecule has 0 bridgehead atoms. The number of rotatable bonds is 5. The summed E-state index contributed by atoms with van der Waals surface area (Å²) in [6, 6.07) is -0.504. The second kappa shape index (κ2) is 5.54. The zero-order valence-corrected chi connectivity index (χ0v) is 9.63. The van der Waals surface area contributed by atoms with Crippen LogP contribution in [-0.2, 0) is 9.53 Å². The molecule has 0 aromatic carbocycles. The minimum absolute atomic E-state index is 0.0820. The Morgan fingerprint density at radius 2 is 2.31 bits per heavy atom. The smallest absolute Gasteiger partial charge is 0.267 e. The van der Waals surface area contributed by atoms with Crippen molar-refractivity contribution < 1.29 is 18.3 Å². The van der Waals surface area contributed by atoms with Crippen LogP contribution in [0.2, 0.25) is 0 Å². The van der Waals surface area contributed by atoms with Gasteiger partial charge in [0.1, 0.15) is 0 Å². The number of likely N-dealkylation sites (tertiary alicyclic amines) is 1. The first-order valence-electron chi connectivity index (χ1n) is 5.40. The van der Waals surface area contributed by atoms with Crippen LogP contribution in [0.4, 0.5) is 8.78 Å². The largest absolute Gasteiger partial charge is 0.380 e. The number of amides is 1. The molecular formula is C10H18F2N2O2. The lowest BCUT2D eigenvalue weighted by Crippen LogP contribution is -2.42. The van der Waals surface area contributed by atoms with E-state index in [1.807, 2.05) is 0 Å². The second-order valence-electron chi connectivity index (χ2n) is 3.93. The van der Waals surface area contributed by atoms with Crippen LogP contribution in [0.5, 0.6) is 0 Å². The van der Waals surface area contributed by atoms with Crippen molar-refractivity contribution in [1.82, 2.24) is 10.2 Å². The fourth-order valence-electron chi connectivity index (χ4n) is 1.85. The Morgan fingerprint density at radius 3 is 2.88 bits per heavy atom. The summed E-state index contributed by atoms with van der Waals surface area (Å²) in [5.74, 6) is -3.09. The van der Waals surface area contributed by atoms with Crippen molar-refractivity contribution in [2.45, 2.75) is 25.3 Å². The van der Waals surface area contributed by atoms with Gasteiger partial charge in [0, 0.05) is 13.0 Å². The number of hydrogen-bond acceptors (Lipinski definition) is 3. The Labute approximate surface area is 93.9 Å². The van der Waals surface area contributed by atoms with Crippen LogP contribution in [0, 0.1) is 0 Å². The number of hydrogen-bond donors (Lipinski definition) is 1. The fourth-order valence-corrected chi connectivity index (χ4v) is 1.85. The van der Waals surface area contributed by atoms with E-state index in [4.69, 9.17) is 4.74 Å². The monoisotopic (exact) mass is 236 g/mol. The Kier molecular flexibility index (Phi) is 4.61. The average molecular weight is 236 g/mol. The summed E-state index contributed by atoms with van der Waals surface area (Å²) in [4.78, 5) is 12.8. The molecule has 1 saturated heterocycles. The first kappa shape index (κ1) is 13.3. The number of halogens is 2. The number of likely N-dealkylation sites (N-methyl/N-ethyl adjacent to an activating group) is 1. The van der Waals surface area contributed by atoms with Crippen LogP contribution in [0.25, 0.3) is 0 Å². The van der Waals surface area contributed by atoms with Crippen LogP contribution in [0.3, 0.4) is 0 Å². The van der Waals surface area contributed by atoms with Crippen molar-refractivity contribution >= 4 is 5.91 Å². The summed E-state index contributed by atoms with van der Waals surface area (Å²) in [6.45, 7) is 2.04. The lowest BCUT2D eigenvalue weighted by Gasteiger charge is -2.23. The standard InChI is InChI=1S/C10H18F2N2O2/c1-3-16-6-8-4-10(11,12)7-14(8)9(15)5-13-2/h8,13H,3-7H2,1-2H3/t8-/m1/s1. The summed E-state index contributed by atoms with van der Waals surface area (Å²) in [5, 5.41) is 2.67. The summed E-state index contributed by atoms with van der Waals surface area (Å²) >= 11 is 0. The van der Waals surface area contributed by atoms with Gasteiger partial charge in [-0.25, -0.2) is 8.78 Å². The van der Waals surface area contributed by atoms with E-state index in [1.165, 1.54) is 4.90 Å². The number of carbonyl (C=O) groups excluding carboxylic acids is 1. The van der Waals surface area contributed by atoms with Crippen molar-refractivity contribution in [3.8, 4) is 0 Å². The van der Waals surface area contributed by atoms with Crippen LogP contribution >= 0.6 is 0 Å². The Morgan fingerprint density at radius 1 is 1.62 bits per heavy atom. The van der Waals surface area contributed by atoms with Gasteiger partial charge in [0.25, 0.3) is 5.92 Å². The molecule has 1 rings (SSSR count). The number of ether oxygens (including phenoxy) is 1. The minimum Gasteiger partial charge on any atom is -0.380 e. The molecule has 0 unspecified atom stereocenters. The van der Waals surface area contributed by atoms with Crippen LogP contribution in [-0.4, -0.2) is 56.1 Å². The molecule has 0 aromatic heterocycles. The Hall–Kier alpha value is -0.750. The van der Waals surface area contributed by atoms with Gasteiger partial charge >= 0.3 is 0 Å². The van der Waals surface area contributed by atoms with Gasteiger partial charge in [0.05, 0.1) is 25.7 Å². The summed E-state index contributed by atoms with van der Waals surface area (Å²) in [6.07, 6.45) is -0.303. The zero-order chi connectivity index (χ0) is 12.2. The molecule has 0 saturated carbocycles. The third-order valence-electron chi connectivity index (χ3n) is 2.54. The third-order valence-corrected chi connectivity index (χ3v) is 2.54. The molecule has 1 N–H and O–H groups in total. The lowest BCUT2D eigenvalue weighted by atomic mass is 10.2. The van der Waals surface area contributed by atoms with Crippen molar-refractivity contribution in [3.63, 3.8) is 0 Å². The third kappa shape index (κ3) is 3.38. The van der Waals surface area contributed by atoms with Gasteiger partial charge < -0.3 is 15.0 Å². The van der Waals surface area contributed by atoms with E-state index < -0.39 is 18.5 Å². The van der Waals surface area contributed by atoms with Crippen molar-refractivity contribution in [2.24, 2.45) is 0 Å². The van der Waals surface area contributed by atoms with Crippen LogP contribution in [0.1, 0.15) is 13.3 Å². The number of carbonyl (C=O) groups is 1. The molecule has 4 nitrogen and oxygen atoms in total. The van der Waals surface area contributed by atoms with E-state index in [0.29, 0.717) is 6.61 Å². The van der Waals surface area contributed by atoms with Gasteiger partial charge in [-0.3, -0.25) is 4.79 Å². The second-order valence-corrected chi connectivity index (χ2v) is 3.93. The van der Waals surface area contributed by atoms with Gasteiger partial charge in [0.15, 0.2) is 0 Å². The SMILES string of the molecule is CCOC[C@H]1CC(F)(F)CN1C(=O)CNC. The summed E-state index contributed by atoms with van der Waals surface area (Å²) in [5.41, 5.74) is 0. The number of nitrogens with one attached hydrogen (secondary N) is 1. The predicted molar refractivity (Wildman–Crippen MR) is 55.5 cm³/mol. The zero-order valence-electron chi connectivity index (χ0n) is 9.63. The first-order chi connectivity index (χ1) is 7.50. The van der Waals surface area contributed by atoms with Crippen LogP contribution in [0.15, 0.2) is 0 Å². The van der Waals surface area contributed by atoms with E-state index in [0.717, 1.165) is 0 Å². The predicted octanol–water partition coefficient (Wildman–Crippen LogP) is 0.478. The van der Waals surface area contributed by atoms with Gasteiger partial charge in [0.2, 0.25) is 5.91 Å². The molecule has 0 aliphatic carbocycles. The molecule has 1 amide bonds. The molecule has 94 valence electrons. The quantitative estimate of drug-likeness (QED) is 0.755. The highest BCUT2D eigenvalue weighted by Crippen LogP contribution is 2.32. The van der Waals surface area contributed by atoms with Crippen molar-refractivity contribution in [1.29, 1.82) is 0 Å². The van der Waals surface area contributed by atoms with E-state index in [-0.39, 0.29) is 25.5 Å². The molecule has 1 atom stereocenters. The van der Waals surface area contributed by atoms with E-state index in [2.05, 4.69) is 5.32 Å². The molecule has 0 aromatic rings. The molecule has 0 spiro atoms. The normalized spacial score (nSPS) is 23.8. The molecule has 6 heteroatoms. The van der Waals surface area contributed by atoms with Crippen molar-refractivity contribution in [3.05, 3.63) is 0 Å². The lowest BCUT2D eigenvalue weighted by molar-refractivity contribution is -0.133. The highest BCUT2D eigenvalue weighted by atomic mass is 19.3. The van der Waals surface area contributed by atoms with E-state index in [9.17, 15) is 13.6 Å². The van der Waals surface area contributed by atoms with E-state index in [1.54, 1.807) is 14.0 Å². The van der Waals surface area contributed by atoms with Gasteiger partial charge in [-0.15, -0.1) is 0 Å². The topological polar surface area (TPSA) is 41.6 Å². The van der Waals surface area contributed by atoms with Gasteiger partial charge in [-0.05, 0) is 14.0 Å². The van der Waals surface area contributed by atoms with Gasteiger partial charge in [-0.1, -0.05) is 0 Å². The first-order valence-corrected chi connectivity index (χ1v) is 5.40.